The van der Waals surface area contributed by atoms with Gasteiger partial charge in [0.15, 0.2) is 0 Å². The molecule has 0 radical (unpaired) electrons. The van der Waals surface area contributed by atoms with Crippen LogP contribution >= 0.6 is 0 Å². The van der Waals surface area contributed by atoms with Crippen LogP contribution in [0.2, 0.25) is 0 Å². The second-order valence-electron chi connectivity index (χ2n) is 11.8. The van der Waals surface area contributed by atoms with Crippen molar-refractivity contribution in [3.8, 4) is 0 Å². The van der Waals surface area contributed by atoms with Gasteiger partial charge in [-0.3, -0.25) is 0 Å². The second kappa shape index (κ2) is 6.25. The van der Waals surface area contributed by atoms with Crippen molar-refractivity contribution in [2.75, 3.05) is 0 Å². The van der Waals surface area contributed by atoms with E-state index in [0.717, 1.165) is 35.5 Å². The predicted molar refractivity (Wildman–Crippen MR) is 115 cm³/mol. The monoisotopic (exact) mass is 360 g/mol. The molecule has 152 valence electrons. The van der Waals surface area contributed by atoms with Crippen LogP contribution in [0.15, 0.2) is 0 Å². The molecule has 8 atom stereocenters. The van der Waals surface area contributed by atoms with Crippen molar-refractivity contribution in [2.24, 2.45) is 57.2 Å². The zero-order valence-corrected chi connectivity index (χ0v) is 19.7. The van der Waals surface area contributed by atoms with Crippen LogP contribution in [0, 0.1) is 57.2 Å². The summed E-state index contributed by atoms with van der Waals surface area (Å²) < 4.78 is 0. The molecule has 0 aliphatic heterocycles. The summed E-state index contributed by atoms with van der Waals surface area (Å²) in [5.74, 6) is 5.44. The molecule has 0 bridgehead atoms. The molecule has 0 aromatic rings. The van der Waals surface area contributed by atoms with E-state index in [1.807, 2.05) is 0 Å². The minimum absolute atomic E-state index is 0.507. The van der Waals surface area contributed by atoms with Gasteiger partial charge in [-0.1, -0.05) is 82.1 Å². The van der Waals surface area contributed by atoms with Crippen LogP contribution in [0.4, 0.5) is 0 Å². The number of rotatable bonds is 8. The normalized spacial score (nSPS) is 48.3. The van der Waals surface area contributed by atoms with Gasteiger partial charge in [-0.15, -0.1) is 0 Å². The van der Waals surface area contributed by atoms with Crippen molar-refractivity contribution in [1.82, 2.24) is 0 Å². The zero-order valence-electron chi connectivity index (χ0n) is 19.7. The van der Waals surface area contributed by atoms with Crippen molar-refractivity contribution in [2.45, 2.75) is 108 Å². The van der Waals surface area contributed by atoms with E-state index in [1.54, 1.807) is 12.8 Å². The summed E-state index contributed by atoms with van der Waals surface area (Å²) in [5, 5.41) is 0. The van der Waals surface area contributed by atoms with Crippen LogP contribution in [-0.2, 0) is 0 Å². The van der Waals surface area contributed by atoms with Crippen LogP contribution < -0.4 is 0 Å². The topological polar surface area (TPSA) is 0 Å². The average molecular weight is 361 g/mol. The Morgan fingerprint density at radius 1 is 0.962 bits per heavy atom. The van der Waals surface area contributed by atoms with Crippen LogP contribution in [0.3, 0.4) is 0 Å². The van der Waals surface area contributed by atoms with Gasteiger partial charge >= 0.3 is 0 Å². The summed E-state index contributed by atoms with van der Waals surface area (Å²) in [4.78, 5) is 0. The third-order valence-corrected chi connectivity index (χ3v) is 11.8. The minimum atomic E-state index is 0.507. The number of hydrogen-bond acceptors (Lipinski definition) is 0. The molecule has 0 N–H and O–H groups in total. The van der Waals surface area contributed by atoms with Gasteiger partial charge in [0, 0.05) is 0 Å². The lowest BCUT2D eigenvalue weighted by Crippen LogP contribution is -2.31. The van der Waals surface area contributed by atoms with Crippen LogP contribution in [0.25, 0.3) is 0 Å². The Morgan fingerprint density at radius 3 is 1.96 bits per heavy atom. The predicted octanol–water partition coefficient (Wildman–Crippen LogP) is 8.21. The molecular weight excluding hydrogens is 312 g/mol. The van der Waals surface area contributed by atoms with Gasteiger partial charge in [-0.05, 0) is 82.9 Å². The van der Waals surface area contributed by atoms with Crippen molar-refractivity contribution in [3.05, 3.63) is 0 Å². The van der Waals surface area contributed by atoms with Crippen molar-refractivity contribution >= 4 is 0 Å². The Labute approximate surface area is 165 Å². The van der Waals surface area contributed by atoms with Crippen LogP contribution in [-0.4, -0.2) is 0 Å². The van der Waals surface area contributed by atoms with Gasteiger partial charge in [0.25, 0.3) is 0 Å². The third kappa shape index (κ3) is 2.32. The molecule has 3 aliphatic rings. The first kappa shape index (κ1) is 20.7. The third-order valence-electron chi connectivity index (χ3n) is 11.8. The molecule has 3 rings (SSSR count). The molecule has 0 heteroatoms. The van der Waals surface area contributed by atoms with Crippen LogP contribution in [0.1, 0.15) is 108 Å². The number of hydrogen-bond donors (Lipinski definition) is 0. The lowest BCUT2D eigenvalue weighted by Gasteiger charge is -2.40. The Bertz CT molecular complexity index is 524. The SMILES string of the molecule is CCC(C)C12CC1(CC[C@@H](C)C(C)(CC)C(C)C)CC1(C(C)C1C)C2C. The maximum atomic E-state index is 2.66. The second-order valence-corrected chi connectivity index (χ2v) is 11.8. The highest BCUT2D eigenvalue weighted by atomic mass is 14.9. The summed E-state index contributed by atoms with van der Waals surface area (Å²) in [6.07, 6.45) is 8.77. The highest BCUT2D eigenvalue weighted by Crippen LogP contribution is 2.91. The van der Waals surface area contributed by atoms with Crippen molar-refractivity contribution in [1.29, 1.82) is 0 Å². The fourth-order valence-corrected chi connectivity index (χ4v) is 8.62. The molecule has 0 amide bonds. The molecule has 0 nitrogen and oxygen atoms in total. The lowest BCUT2D eigenvalue weighted by atomic mass is 9.65. The fraction of sp³-hybridized carbons (Fsp3) is 1.00. The van der Waals surface area contributed by atoms with E-state index in [4.69, 9.17) is 0 Å². The van der Waals surface area contributed by atoms with E-state index in [2.05, 4.69) is 69.2 Å². The molecule has 0 heterocycles. The maximum absolute atomic E-state index is 2.66. The first-order valence-corrected chi connectivity index (χ1v) is 12.0. The molecular formula is C26H48. The van der Waals surface area contributed by atoms with Gasteiger partial charge in [-0.25, -0.2) is 0 Å². The summed E-state index contributed by atoms with van der Waals surface area (Å²) in [7, 11) is 0. The molecule has 1 spiro atoms. The van der Waals surface area contributed by atoms with E-state index in [9.17, 15) is 0 Å². The van der Waals surface area contributed by atoms with Crippen molar-refractivity contribution in [3.63, 3.8) is 0 Å². The zero-order chi connectivity index (χ0) is 19.7. The van der Waals surface area contributed by atoms with Gasteiger partial charge in [0.1, 0.15) is 0 Å². The maximum Gasteiger partial charge on any atom is -0.0178 e. The summed E-state index contributed by atoms with van der Waals surface area (Å²) >= 11 is 0. The Hall–Kier alpha value is 0. The Kier molecular flexibility index (Phi) is 4.98. The van der Waals surface area contributed by atoms with E-state index in [1.165, 1.54) is 25.7 Å². The first-order valence-electron chi connectivity index (χ1n) is 12.0. The molecule has 0 aromatic heterocycles. The first-order chi connectivity index (χ1) is 12.0. The highest BCUT2D eigenvalue weighted by Gasteiger charge is 2.84. The smallest absolute Gasteiger partial charge is 0.0178 e. The largest absolute Gasteiger partial charge is 0.0651 e. The summed E-state index contributed by atoms with van der Waals surface area (Å²) in [6, 6.07) is 0. The molecule has 0 saturated heterocycles. The van der Waals surface area contributed by atoms with E-state index < -0.39 is 0 Å². The van der Waals surface area contributed by atoms with Gasteiger partial charge < -0.3 is 0 Å². The molecule has 3 saturated carbocycles. The summed E-state index contributed by atoms with van der Waals surface area (Å²) in [5.41, 5.74) is 2.59. The van der Waals surface area contributed by atoms with E-state index in [0.29, 0.717) is 21.7 Å². The van der Waals surface area contributed by atoms with Gasteiger partial charge in [-0.2, -0.15) is 0 Å². The molecule has 26 heavy (non-hydrogen) atoms. The summed E-state index contributed by atoms with van der Waals surface area (Å²) in [6.45, 7) is 25.2. The molecule has 3 fully saturated rings. The quantitative estimate of drug-likeness (QED) is 0.409. The van der Waals surface area contributed by atoms with E-state index >= 15 is 0 Å². The highest BCUT2D eigenvalue weighted by molar-refractivity contribution is 5.32. The average Bonchev–Trinajstić information content (AvgIpc) is 3.41. The number of fused-ring (bicyclic) bond motifs is 1. The molecule has 7 unspecified atom stereocenters. The van der Waals surface area contributed by atoms with Gasteiger partial charge in [0.2, 0.25) is 0 Å². The minimum Gasteiger partial charge on any atom is -0.0651 e. The Morgan fingerprint density at radius 2 is 1.54 bits per heavy atom. The van der Waals surface area contributed by atoms with Crippen molar-refractivity contribution < 1.29 is 0 Å². The van der Waals surface area contributed by atoms with Crippen LogP contribution in [0.5, 0.6) is 0 Å². The molecule has 3 aliphatic carbocycles. The van der Waals surface area contributed by atoms with Gasteiger partial charge in [0.05, 0.1) is 0 Å². The standard InChI is InChI=1S/C26H48/c1-11-18(5)26-16-24(26,15-25(22(26)9)20(7)21(25)8)14-13-19(6)23(10,12-2)17(3)4/h17-22H,11-16H2,1-10H3/t18?,19-,20?,21?,22?,23?,24?,25?,26?/m1/s1. The van der Waals surface area contributed by atoms with E-state index in [-0.39, 0.29) is 0 Å². The lowest BCUT2D eigenvalue weighted by molar-refractivity contribution is 0.0992. The molecule has 0 aromatic carbocycles. The fourth-order valence-electron chi connectivity index (χ4n) is 8.62. The Balaban J connectivity index is 1.79.